The van der Waals surface area contributed by atoms with Gasteiger partial charge in [-0.2, -0.15) is 0 Å². The second kappa shape index (κ2) is 3.06. The van der Waals surface area contributed by atoms with Crippen LogP contribution >= 0.6 is 0 Å². The van der Waals surface area contributed by atoms with Crippen LogP contribution in [0.15, 0.2) is 12.4 Å². The normalized spacial score (nSPS) is 30.7. The Morgan fingerprint density at radius 2 is 2.29 bits per heavy atom. The van der Waals surface area contributed by atoms with E-state index in [1.165, 1.54) is 0 Å². The number of hydrogen-bond donors (Lipinski definition) is 1. The summed E-state index contributed by atoms with van der Waals surface area (Å²) in [6.07, 6.45) is 2.49. The molecule has 14 heavy (non-hydrogen) atoms. The zero-order valence-electron chi connectivity index (χ0n) is 7.79. The van der Waals surface area contributed by atoms with Crippen LogP contribution in [0.3, 0.4) is 0 Å². The fourth-order valence-corrected chi connectivity index (χ4v) is 3.60. The van der Waals surface area contributed by atoms with E-state index >= 15 is 0 Å². The van der Waals surface area contributed by atoms with Gasteiger partial charge in [-0.15, -0.1) is 0 Å². The van der Waals surface area contributed by atoms with Crippen molar-refractivity contribution < 1.29 is 13.5 Å². The highest BCUT2D eigenvalue weighted by atomic mass is 32.2. The third-order valence-electron chi connectivity index (χ3n) is 2.51. The highest BCUT2D eigenvalue weighted by molar-refractivity contribution is 7.91. The summed E-state index contributed by atoms with van der Waals surface area (Å²) in [6, 6.07) is -0.373. The van der Waals surface area contributed by atoms with Crippen LogP contribution in [0.4, 0.5) is 0 Å². The van der Waals surface area contributed by atoms with Crippen LogP contribution in [-0.2, 0) is 9.84 Å². The SMILES string of the molecule is Cc1nccn1C1CS(=O)(=O)C[C@H]1O. The van der Waals surface area contributed by atoms with Gasteiger partial charge in [0, 0.05) is 12.4 Å². The van der Waals surface area contributed by atoms with Crippen LogP contribution in [0.5, 0.6) is 0 Å². The Morgan fingerprint density at radius 3 is 2.71 bits per heavy atom. The molecule has 1 fully saturated rings. The van der Waals surface area contributed by atoms with E-state index in [-0.39, 0.29) is 17.5 Å². The first-order chi connectivity index (χ1) is 6.49. The third kappa shape index (κ3) is 1.55. The molecule has 6 heteroatoms. The smallest absolute Gasteiger partial charge is 0.155 e. The molecule has 0 spiro atoms. The van der Waals surface area contributed by atoms with Crippen LogP contribution < -0.4 is 0 Å². The molecule has 1 N–H and O–H groups in total. The molecule has 0 aromatic carbocycles. The summed E-state index contributed by atoms with van der Waals surface area (Å²) >= 11 is 0. The van der Waals surface area contributed by atoms with E-state index in [0.717, 1.165) is 5.82 Å². The summed E-state index contributed by atoms with van der Waals surface area (Å²) in [6.45, 7) is 1.79. The Morgan fingerprint density at radius 1 is 1.57 bits per heavy atom. The van der Waals surface area contributed by atoms with E-state index < -0.39 is 15.9 Å². The van der Waals surface area contributed by atoms with Crippen molar-refractivity contribution in [3.8, 4) is 0 Å². The lowest BCUT2D eigenvalue weighted by molar-refractivity contribution is 0.152. The first kappa shape index (κ1) is 9.67. The molecule has 1 unspecified atom stereocenters. The van der Waals surface area contributed by atoms with Gasteiger partial charge in [0.25, 0.3) is 0 Å². The summed E-state index contributed by atoms with van der Waals surface area (Å²) < 4.78 is 24.2. The molecular weight excluding hydrogens is 204 g/mol. The Hall–Kier alpha value is -0.880. The molecule has 1 aromatic rings. The maximum Gasteiger partial charge on any atom is 0.155 e. The van der Waals surface area contributed by atoms with Crippen LogP contribution in [0.2, 0.25) is 0 Å². The quantitative estimate of drug-likeness (QED) is 0.688. The third-order valence-corrected chi connectivity index (χ3v) is 4.21. The number of aromatic nitrogens is 2. The van der Waals surface area contributed by atoms with Gasteiger partial charge < -0.3 is 9.67 Å². The van der Waals surface area contributed by atoms with Gasteiger partial charge in [-0.3, -0.25) is 0 Å². The van der Waals surface area contributed by atoms with E-state index in [1.54, 1.807) is 23.9 Å². The summed E-state index contributed by atoms with van der Waals surface area (Å²) in [5, 5.41) is 9.59. The van der Waals surface area contributed by atoms with E-state index in [1.807, 2.05) is 0 Å². The molecule has 2 atom stereocenters. The van der Waals surface area contributed by atoms with Crippen molar-refractivity contribution in [2.45, 2.75) is 19.1 Å². The van der Waals surface area contributed by atoms with Gasteiger partial charge in [0.2, 0.25) is 0 Å². The Balaban J connectivity index is 2.34. The molecule has 1 aliphatic heterocycles. The lowest BCUT2D eigenvalue weighted by atomic mass is 10.2. The average Bonchev–Trinajstić information content (AvgIpc) is 2.55. The molecule has 2 rings (SSSR count). The van der Waals surface area contributed by atoms with Crippen molar-refractivity contribution in [3.05, 3.63) is 18.2 Å². The van der Waals surface area contributed by atoms with Gasteiger partial charge in [0.1, 0.15) is 5.82 Å². The predicted molar refractivity (Wildman–Crippen MR) is 50.7 cm³/mol. The predicted octanol–water partition coefficient (Wildman–Crippen LogP) is -0.478. The Labute approximate surface area is 82.3 Å². The largest absolute Gasteiger partial charge is 0.390 e. The van der Waals surface area contributed by atoms with E-state index in [2.05, 4.69) is 4.98 Å². The summed E-state index contributed by atoms with van der Waals surface area (Å²) in [5.74, 6) is 0.590. The number of aliphatic hydroxyl groups is 1. The van der Waals surface area contributed by atoms with Gasteiger partial charge in [-0.25, -0.2) is 13.4 Å². The van der Waals surface area contributed by atoms with Crippen molar-refractivity contribution >= 4 is 9.84 Å². The topological polar surface area (TPSA) is 72.2 Å². The molecule has 1 aliphatic rings. The number of hydrogen-bond acceptors (Lipinski definition) is 4. The number of nitrogens with zero attached hydrogens (tertiary/aromatic N) is 2. The fourth-order valence-electron chi connectivity index (χ4n) is 1.81. The van der Waals surface area contributed by atoms with Gasteiger partial charge in [-0.1, -0.05) is 0 Å². The summed E-state index contributed by atoms with van der Waals surface area (Å²) in [4.78, 5) is 4.00. The standard InChI is InChI=1S/C8H12N2O3S/c1-6-9-2-3-10(6)7-4-14(12,13)5-8(7)11/h2-3,7-8,11H,4-5H2,1H3/t7?,8-/m1/s1. The van der Waals surface area contributed by atoms with Gasteiger partial charge >= 0.3 is 0 Å². The molecule has 1 saturated heterocycles. The van der Waals surface area contributed by atoms with E-state index in [0.29, 0.717) is 0 Å². The van der Waals surface area contributed by atoms with Crippen LogP contribution in [0.1, 0.15) is 11.9 Å². The summed E-state index contributed by atoms with van der Waals surface area (Å²) in [7, 11) is -3.09. The minimum atomic E-state index is -3.09. The molecule has 0 saturated carbocycles. The molecule has 5 nitrogen and oxygen atoms in total. The molecule has 2 heterocycles. The monoisotopic (exact) mass is 216 g/mol. The molecule has 1 aromatic heterocycles. The zero-order valence-corrected chi connectivity index (χ0v) is 8.61. The number of imidazole rings is 1. The zero-order chi connectivity index (χ0) is 10.3. The fraction of sp³-hybridized carbons (Fsp3) is 0.625. The maximum absolute atomic E-state index is 11.3. The molecule has 0 bridgehead atoms. The van der Waals surface area contributed by atoms with Gasteiger partial charge in [-0.05, 0) is 6.92 Å². The first-order valence-corrected chi connectivity index (χ1v) is 6.20. The minimum absolute atomic E-state index is 0.00532. The number of aryl methyl sites for hydroxylation is 1. The van der Waals surface area contributed by atoms with Crippen molar-refractivity contribution in [1.29, 1.82) is 0 Å². The van der Waals surface area contributed by atoms with Crippen LogP contribution in [0, 0.1) is 6.92 Å². The first-order valence-electron chi connectivity index (χ1n) is 4.37. The number of sulfone groups is 1. The van der Waals surface area contributed by atoms with Crippen molar-refractivity contribution in [2.24, 2.45) is 0 Å². The van der Waals surface area contributed by atoms with E-state index in [4.69, 9.17) is 0 Å². The Kier molecular flexibility index (Phi) is 2.11. The van der Waals surface area contributed by atoms with Crippen molar-refractivity contribution in [1.82, 2.24) is 9.55 Å². The number of aliphatic hydroxyl groups excluding tert-OH is 1. The molecular formula is C8H12N2O3S. The van der Waals surface area contributed by atoms with Crippen LogP contribution in [-0.4, -0.2) is 40.7 Å². The van der Waals surface area contributed by atoms with Crippen molar-refractivity contribution in [2.75, 3.05) is 11.5 Å². The van der Waals surface area contributed by atoms with Crippen molar-refractivity contribution in [3.63, 3.8) is 0 Å². The van der Waals surface area contributed by atoms with Gasteiger partial charge in [0.15, 0.2) is 9.84 Å². The Bertz CT molecular complexity index is 437. The highest BCUT2D eigenvalue weighted by Gasteiger charge is 2.37. The van der Waals surface area contributed by atoms with Gasteiger partial charge in [0.05, 0.1) is 23.7 Å². The highest BCUT2D eigenvalue weighted by Crippen LogP contribution is 2.24. The lowest BCUT2D eigenvalue weighted by Crippen LogP contribution is -2.22. The average molecular weight is 216 g/mol. The second-order valence-corrected chi connectivity index (χ2v) is 5.75. The second-order valence-electron chi connectivity index (χ2n) is 3.59. The molecule has 78 valence electrons. The lowest BCUT2D eigenvalue weighted by Gasteiger charge is -2.15. The number of rotatable bonds is 1. The van der Waals surface area contributed by atoms with E-state index in [9.17, 15) is 13.5 Å². The molecule has 0 aliphatic carbocycles. The maximum atomic E-state index is 11.3. The minimum Gasteiger partial charge on any atom is -0.390 e. The van der Waals surface area contributed by atoms with Crippen LogP contribution in [0.25, 0.3) is 0 Å². The summed E-state index contributed by atoms with van der Waals surface area (Å²) in [5.41, 5.74) is 0. The molecule has 0 radical (unpaired) electrons. The molecule has 0 amide bonds.